The van der Waals surface area contributed by atoms with Gasteiger partial charge >= 0.3 is 0 Å². The van der Waals surface area contributed by atoms with Crippen molar-refractivity contribution in [3.63, 3.8) is 0 Å². The Kier molecular flexibility index (Phi) is 4.30. The zero-order chi connectivity index (χ0) is 11.4. The van der Waals surface area contributed by atoms with Gasteiger partial charge in [0.1, 0.15) is 0 Å². The Hall–Kier alpha value is -0.860. The van der Waals surface area contributed by atoms with E-state index in [9.17, 15) is 4.79 Å². The van der Waals surface area contributed by atoms with Crippen molar-refractivity contribution in [1.29, 1.82) is 0 Å². The maximum Gasteiger partial charge on any atom is 0.176 e. The first-order valence-electron chi connectivity index (χ1n) is 5.04. The van der Waals surface area contributed by atoms with Crippen LogP contribution in [0.1, 0.15) is 29.8 Å². The van der Waals surface area contributed by atoms with Crippen molar-refractivity contribution in [1.82, 2.24) is 5.32 Å². The molecular formula is C12H16ClNO. The number of hydrogen-bond donors (Lipinski definition) is 1. The molecule has 0 aromatic heterocycles. The Bertz CT molecular complexity index is 361. The van der Waals surface area contributed by atoms with Crippen LogP contribution in [-0.4, -0.2) is 18.4 Å². The molecule has 0 aliphatic rings. The molecule has 1 N–H and O–H groups in total. The lowest BCUT2D eigenvalue weighted by atomic mass is 10.0. The van der Waals surface area contributed by atoms with Gasteiger partial charge in [0, 0.05) is 16.6 Å². The second-order valence-electron chi connectivity index (χ2n) is 3.87. The van der Waals surface area contributed by atoms with E-state index in [1.807, 2.05) is 26.8 Å². The van der Waals surface area contributed by atoms with Crippen LogP contribution in [0.2, 0.25) is 5.02 Å². The third-order valence-corrected chi connectivity index (χ3v) is 2.65. The molecule has 0 atom stereocenters. The molecule has 0 spiro atoms. The highest BCUT2D eigenvalue weighted by atomic mass is 35.5. The lowest BCUT2D eigenvalue weighted by Crippen LogP contribution is -2.29. The molecule has 15 heavy (non-hydrogen) atoms. The molecule has 3 heteroatoms. The molecule has 82 valence electrons. The maximum atomic E-state index is 11.8. The zero-order valence-corrected chi connectivity index (χ0v) is 10.1. The number of benzene rings is 1. The highest BCUT2D eigenvalue weighted by Gasteiger charge is 2.10. The fraction of sp³-hybridized carbons (Fsp3) is 0.417. The number of nitrogens with one attached hydrogen (secondary N) is 1. The summed E-state index contributed by atoms with van der Waals surface area (Å²) in [6, 6.07) is 5.72. The van der Waals surface area contributed by atoms with Crippen molar-refractivity contribution in [3.05, 3.63) is 34.3 Å². The SMILES string of the molecule is Cc1c(Cl)cccc1C(=O)CNC(C)C. The predicted octanol–water partition coefficient (Wildman–Crippen LogP) is 2.83. The smallest absolute Gasteiger partial charge is 0.176 e. The first-order valence-corrected chi connectivity index (χ1v) is 5.42. The van der Waals surface area contributed by atoms with Crippen molar-refractivity contribution in [2.45, 2.75) is 26.8 Å². The van der Waals surface area contributed by atoms with E-state index in [2.05, 4.69) is 5.32 Å². The molecule has 0 aliphatic heterocycles. The van der Waals surface area contributed by atoms with E-state index in [4.69, 9.17) is 11.6 Å². The van der Waals surface area contributed by atoms with Crippen LogP contribution in [-0.2, 0) is 0 Å². The topological polar surface area (TPSA) is 29.1 Å². The molecule has 0 saturated carbocycles. The molecule has 2 nitrogen and oxygen atoms in total. The number of rotatable bonds is 4. The summed E-state index contributed by atoms with van der Waals surface area (Å²) in [4.78, 5) is 11.8. The highest BCUT2D eigenvalue weighted by molar-refractivity contribution is 6.31. The van der Waals surface area contributed by atoms with Crippen LogP contribution in [0.25, 0.3) is 0 Å². The molecule has 0 amide bonds. The Morgan fingerprint density at radius 1 is 1.47 bits per heavy atom. The minimum Gasteiger partial charge on any atom is -0.307 e. The van der Waals surface area contributed by atoms with Gasteiger partial charge in [-0.05, 0) is 18.6 Å². The molecule has 0 fully saturated rings. The quantitative estimate of drug-likeness (QED) is 0.799. The number of Topliss-reactive ketones (excluding diaryl/α,β-unsaturated/α-hetero) is 1. The Morgan fingerprint density at radius 3 is 2.73 bits per heavy atom. The fourth-order valence-corrected chi connectivity index (χ4v) is 1.48. The van der Waals surface area contributed by atoms with Crippen LogP contribution in [0, 0.1) is 6.92 Å². The maximum absolute atomic E-state index is 11.8. The second kappa shape index (κ2) is 5.29. The van der Waals surface area contributed by atoms with Gasteiger partial charge < -0.3 is 5.32 Å². The van der Waals surface area contributed by atoms with E-state index in [1.54, 1.807) is 12.1 Å². The summed E-state index contributed by atoms with van der Waals surface area (Å²) in [5.74, 6) is 0.0868. The summed E-state index contributed by atoms with van der Waals surface area (Å²) in [5.41, 5.74) is 1.56. The minimum absolute atomic E-state index is 0.0868. The van der Waals surface area contributed by atoms with Crippen LogP contribution < -0.4 is 5.32 Å². The van der Waals surface area contributed by atoms with E-state index in [0.717, 1.165) is 5.56 Å². The van der Waals surface area contributed by atoms with E-state index in [0.29, 0.717) is 23.2 Å². The first kappa shape index (κ1) is 12.2. The first-order chi connectivity index (χ1) is 7.02. The van der Waals surface area contributed by atoms with Crippen LogP contribution in [0.5, 0.6) is 0 Å². The molecule has 0 unspecified atom stereocenters. The van der Waals surface area contributed by atoms with Crippen molar-refractivity contribution in [3.8, 4) is 0 Å². The molecule has 0 aliphatic carbocycles. The third-order valence-electron chi connectivity index (χ3n) is 2.24. The van der Waals surface area contributed by atoms with E-state index < -0.39 is 0 Å². The van der Waals surface area contributed by atoms with E-state index in [-0.39, 0.29) is 5.78 Å². The summed E-state index contributed by atoms with van der Waals surface area (Å²) in [6.45, 7) is 6.25. The Morgan fingerprint density at radius 2 is 2.13 bits per heavy atom. The summed E-state index contributed by atoms with van der Waals surface area (Å²) in [7, 11) is 0. The van der Waals surface area contributed by atoms with Crippen molar-refractivity contribution in [2.24, 2.45) is 0 Å². The van der Waals surface area contributed by atoms with Crippen molar-refractivity contribution in [2.75, 3.05) is 6.54 Å². The molecule has 1 aromatic rings. The van der Waals surface area contributed by atoms with Gasteiger partial charge in [-0.15, -0.1) is 0 Å². The summed E-state index contributed by atoms with van der Waals surface area (Å²) < 4.78 is 0. The zero-order valence-electron chi connectivity index (χ0n) is 9.30. The van der Waals surface area contributed by atoms with Gasteiger partial charge in [0.25, 0.3) is 0 Å². The van der Waals surface area contributed by atoms with Gasteiger partial charge in [0.2, 0.25) is 0 Å². The number of halogens is 1. The second-order valence-corrected chi connectivity index (χ2v) is 4.28. The number of ketones is 1. The van der Waals surface area contributed by atoms with Crippen molar-refractivity contribution < 1.29 is 4.79 Å². The Labute approximate surface area is 95.6 Å². The summed E-state index contributed by atoms with van der Waals surface area (Å²) >= 11 is 5.95. The third kappa shape index (κ3) is 3.33. The lowest BCUT2D eigenvalue weighted by Gasteiger charge is -2.09. The van der Waals surface area contributed by atoms with Gasteiger partial charge in [-0.3, -0.25) is 4.79 Å². The highest BCUT2D eigenvalue weighted by Crippen LogP contribution is 2.18. The van der Waals surface area contributed by atoms with Gasteiger partial charge in [-0.2, -0.15) is 0 Å². The molecule has 1 rings (SSSR count). The van der Waals surface area contributed by atoms with E-state index >= 15 is 0 Å². The summed E-state index contributed by atoms with van der Waals surface area (Å²) in [5, 5.41) is 3.74. The molecular weight excluding hydrogens is 210 g/mol. The molecule has 0 saturated heterocycles. The lowest BCUT2D eigenvalue weighted by molar-refractivity contribution is 0.0988. The molecule has 1 aromatic carbocycles. The van der Waals surface area contributed by atoms with Crippen LogP contribution in [0.4, 0.5) is 0 Å². The number of carbonyl (C=O) groups is 1. The fourth-order valence-electron chi connectivity index (χ4n) is 1.30. The van der Waals surface area contributed by atoms with Crippen LogP contribution >= 0.6 is 11.6 Å². The average molecular weight is 226 g/mol. The van der Waals surface area contributed by atoms with Crippen molar-refractivity contribution >= 4 is 17.4 Å². The van der Waals surface area contributed by atoms with Gasteiger partial charge in [-0.25, -0.2) is 0 Å². The molecule has 0 radical (unpaired) electrons. The number of hydrogen-bond acceptors (Lipinski definition) is 2. The Balaban J connectivity index is 2.78. The van der Waals surface area contributed by atoms with Crippen LogP contribution in [0.3, 0.4) is 0 Å². The van der Waals surface area contributed by atoms with E-state index in [1.165, 1.54) is 0 Å². The van der Waals surface area contributed by atoms with Gasteiger partial charge in [-0.1, -0.05) is 37.6 Å². The monoisotopic (exact) mass is 225 g/mol. The number of carbonyl (C=O) groups excluding carboxylic acids is 1. The normalized spacial score (nSPS) is 10.7. The largest absolute Gasteiger partial charge is 0.307 e. The average Bonchev–Trinajstić information content (AvgIpc) is 2.18. The standard InChI is InChI=1S/C12H16ClNO/c1-8(2)14-7-12(15)10-5-4-6-11(13)9(10)3/h4-6,8,14H,7H2,1-3H3. The molecule has 0 heterocycles. The summed E-state index contributed by atoms with van der Waals surface area (Å²) in [6.07, 6.45) is 0. The van der Waals surface area contributed by atoms with Crippen LogP contribution in [0.15, 0.2) is 18.2 Å². The molecule has 0 bridgehead atoms. The predicted molar refractivity (Wildman–Crippen MR) is 63.7 cm³/mol. The van der Waals surface area contributed by atoms with Gasteiger partial charge in [0.15, 0.2) is 5.78 Å². The van der Waals surface area contributed by atoms with Gasteiger partial charge in [0.05, 0.1) is 6.54 Å². The minimum atomic E-state index is 0.0868.